The number of aromatic amines is 5. The number of hydrogen-bond acceptors (Lipinski definition) is 24. The summed E-state index contributed by atoms with van der Waals surface area (Å²) >= 11 is 0. The first-order valence-corrected chi connectivity index (χ1v) is 48.9. The van der Waals surface area contributed by atoms with E-state index in [0.717, 1.165) is 197 Å². The Morgan fingerprint density at radius 3 is 1.28 bits per heavy atom. The lowest BCUT2D eigenvalue weighted by Gasteiger charge is -2.30. The van der Waals surface area contributed by atoms with Gasteiger partial charge < -0.3 is 64.2 Å². The molecular formula is C114H116N22O8. The molecule has 2 fully saturated rings. The van der Waals surface area contributed by atoms with Gasteiger partial charge in [0, 0.05) is 63.2 Å². The number of aliphatic hydroxyl groups excluding tert-OH is 1. The molecule has 0 radical (unpaired) electrons. The van der Waals surface area contributed by atoms with Crippen molar-refractivity contribution in [2.45, 2.75) is 151 Å². The first-order valence-electron chi connectivity index (χ1n) is 48.9. The van der Waals surface area contributed by atoms with Crippen LogP contribution in [0.25, 0.3) is 48.9 Å². The molecule has 30 nitrogen and oxygen atoms in total. The van der Waals surface area contributed by atoms with Gasteiger partial charge in [0.15, 0.2) is 56.2 Å². The van der Waals surface area contributed by atoms with Crippen LogP contribution in [0.15, 0.2) is 261 Å². The minimum absolute atomic E-state index is 0.185. The van der Waals surface area contributed by atoms with Crippen LogP contribution in [0.4, 0.5) is 80.1 Å². The fraction of sp³-hybridized carbons (Fsp3) is 0.263. The number of benzene rings is 10. The topological polar surface area (TPSA) is 371 Å². The molecule has 0 bridgehead atoms. The number of unbranched alkanes of at least 4 members (excludes halogenated alkanes) is 1. The zero-order chi connectivity index (χ0) is 101. The van der Waals surface area contributed by atoms with Crippen molar-refractivity contribution in [2.75, 3.05) is 76.2 Å². The number of H-pyrrole nitrogens is 5. The highest BCUT2D eigenvalue weighted by Crippen LogP contribution is 2.44. The number of anilines is 10. The number of β-amino-alcohol motifs (C(OH)–C–C–N with tert-alkyl or cyclic N) is 1. The molecule has 11 heterocycles. The molecular weight excluding hydrogens is 1810 g/mol. The van der Waals surface area contributed by atoms with Crippen molar-refractivity contribution >= 4 is 117 Å². The molecule has 1 atom stereocenters. The lowest BCUT2D eigenvalue weighted by atomic mass is 10.1. The summed E-state index contributed by atoms with van der Waals surface area (Å²) < 4.78 is 7.14. The molecule has 1 saturated carbocycles. The molecule has 7 aliphatic heterocycles. The summed E-state index contributed by atoms with van der Waals surface area (Å²) in [5, 5.41) is 15.1. The highest BCUT2D eigenvalue weighted by Gasteiger charge is 2.32. The van der Waals surface area contributed by atoms with Gasteiger partial charge in [0.2, 0.25) is 0 Å². The van der Waals surface area contributed by atoms with Crippen molar-refractivity contribution in [3.05, 3.63) is 385 Å². The summed E-state index contributed by atoms with van der Waals surface area (Å²) in [4.78, 5) is 143. The zero-order valence-corrected chi connectivity index (χ0v) is 82.3. The summed E-state index contributed by atoms with van der Waals surface area (Å²) in [5.41, 5.74) is 24.5. The summed E-state index contributed by atoms with van der Waals surface area (Å²) in [5.74, 6) is 3.46. The molecule has 8 aliphatic rings. The van der Waals surface area contributed by atoms with E-state index in [1.807, 2.05) is 129 Å². The Hall–Kier alpha value is -16.8. The maximum absolute atomic E-state index is 12.6. The average molecular weight is 1920 g/mol. The van der Waals surface area contributed by atoms with Crippen molar-refractivity contribution in [3.63, 3.8) is 0 Å². The molecule has 22 rings (SSSR count). The molecule has 4 aromatic heterocycles. The standard InChI is InChI=1S/C25H27N5O2.C25H27N5O.C22H22N4O3.2C21H20N4O/c1-16-13-20-22(14-21(16)29-12-10-19(31)15-29)30(11-6-9-18-7-4-3-5-8-18)24-23(28-20)25(32)27-17(2)26-24;1-16-14-21-22(15-20(16)28-19-11-12-19)30(13-7-6-10-18-8-4-3-5-9-18)24-23(29-21)25(31)27-17(2)26-24;1-13-11-17-18(12-14(13)2)26(20-19(23-17)21(27)25-22(28)24-20)10-4-5-15-6-8-16(29-3)9-7-15;1-13-11-17-18(12-14(13)2)25(10-9-16-7-5-4-6-8-16)20-19(24-17)21(26)23-15(3)22-20;1-14-10-11-18-17(13-14)24-19-20(22-15(2)23-21(19)26)25(18)12-6-9-16-7-4-3-5-8-16/h3-5,7-8,13-14,19,31H,2,6,9-12,15H2,1H3,(H,27,32);3-5,8-9,14-15,19,28H,2,6-7,10-13H2,1H3,(H,27,31);6-9,11-12H,4-5,10H2,1-3H3,(H,25,27,28);4-8,11-12H,3,9-10H2,1-2H3,(H,23,26);3-5,7-8,10-11,13H,2,6,9,12H2,1H3,(H,23,26). The predicted molar refractivity (Wildman–Crippen MR) is 571 cm³/mol. The number of methoxy groups -OCH3 is 1. The quantitative estimate of drug-likeness (QED) is 0.0218. The van der Waals surface area contributed by atoms with Crippen molar-refractivity contribution in [2.24, 2.45) is 20.0 Å². The predicted octanol–water partition coefficient (Wildman–Crippen LogP) is 13.4. The van der Waals surface area contributed by atoms with Gasteiger partial charge in [-0.1, -0.05) is 166 Å². The Morgan fingerprint density at radius 2 is 0.792 bits per heavy atom. The minimum atomic E-state index is -0.656. The SMILES string of the molecule is C=c1nc2c(c(=O)[nH]1)=Nc1cc(C)c(C)cc1N2CCc1ccccc1.C=c1nc2c(c(=O)[nH]1)=Nc1cc(C)c(N3CCC(O)C3)cc1N2CCCc1ccccc1.C=c1nc2c(c(=O)[nH]1)=Nc1cc(C)c(NC3CC3)cc1N2CCCCc1ccccc1.C=c1nc2c(c(=O)[nH]1)=Nc1cc(C)ccc1N2CCCc1ccccc1.COc1ccc(CCCn2c3nc(=O)[nH]c(=O)c-3nc3cc(C)c(C)cc32)cc1. The summed E-state index contributed by atoms with van der Waals surface area (Å²) in [6.07, 6.45) is 12.2. The van der Waals surface area contributed by atoms with Crippen LogP contribution in [0, 0.1) is 48.5 Å². The first-order chi connectivity index (χ1) is 69.7. The van der Waals surface area contributed by atoms with Crippen LogP contribution in [0.1, 0.15) is 118 Å². The van der Waals surface area contributed by atoms with E-state index in [2.05, 4.69) is 267 Å². The van der Waals surface area contributed by atoms with Gasteiger partial charge in [0.25, 0.3) is 27.8 Å². The summed E-state index contributed by atoms with van der Waals surface area (Å²) in [6, 6.07) is 72.8. The summed E-state index contributed by atoms with van der Waals surface area (Å²) in [7, 11) is 1.65. The molecule has 0 amide bonds. The zero-order valence-electron chi connectivity index (χ0n) is 82.3. The molecule has 0 spiro atoms. The Kier molecular flexibility index (Phi) is 29.2. The largest absolute Gasteiger partial charge is 0.497 e. The summed E-state index contributed by atoms with van der Waals surface area (Å²) in [6.45, 7) is 34.6. The van der Waals surface area contributed by atoms with E-state index in [9.17, 15) is 33.9 Å². The number of hydrogen-bond donors (Lipinski definition) is 7. The highest BCUT2D eigenvalue weighted by molar-refractivity contribution is 5.85. The van der Waals surface area contributed by atoms with Crippen LogP contribution in [-0.2, 0) is 38.6 Å². The van der Waals surface area contributed by atoms with Gasteiger partial charge in [-0.05, 0) is 271 Å². The van der Waals surface area contributed by atoms with Gasteiger partial charge in [-0.25, -0.2) is 49.7 Å². The molecule has 144 heavy (non-hydrogen) atoms. The molecule has 1 unspecified atom stereocenters. The van der Waals surface area contributed by atoms with Crippen molar-refractivity contribution in [1.29, 1.82) is 0 Å². The number of aryl methyl sites for hydroxylation is 12. The lowest BCUT2D eigenvalue weighted by molar-refractivity contribution is 0.198. The van der Waals surface area contributed by atoms with Gasteiger partial charge in [0.05, 0.1) is 69.7 Å². The van der Waals surface area contributed by atoms with Crippen LogP contribution in [0.3, 0.4) is 0 Å². The molecule has 30 heteroatoms. The third kappa shape index (κ3) is 22.3. The Balaban J connectivity index is 0.000000119. The number of aliphatic hydroxyl groups is 1. The van der Waals surface area contributed by atoms with Crippen molar-refractivity contribution < 1.29 is 9.84 Å². The van der Waals surface area contributed by atoms with Gasteiger partial charge in [0.1, 0.15) is 27.7 Å². The third-order valence-corrected chi connectivity index (χ3v) is 26.6. The molecule has 1 aliphatic carbocycles. The average Bonchev–Trinajstić information content (AvgIpc) is 1.13. The molecule has 14 aromatic rings. The van der Waals surface area contributed by atoms with Crippen LogP contribution in [-0.4, -0.2) is 123 Å². The Bertz CT molecular complexity index is 8410. The van der Waals surface area contributed by atoms with E-state index < -0.39 is 11.2 Å². The molecule has 1 saturated heterocycles. The van der Waals surface area contributed by atoms with Crippen LogP contribution in [0.2, 0.25) is 0 Å². The fourth-order valence-electron chi connectivity index (χ4n) is 18.7. The van der Waals surface area contributed by atoms with E-state index in [1.165, 1.54) is 46.2 Å². The maximum atomic E-state index is 12.6. The fourth-order valence-corrected chi connectivity index (χ4v) is 18.7. The normalized spacial score (nSPS) is 13.6. The minimum Gasteiger partial charge on any atom is -0.497 e. The number of ether oxygens (including phenoxy) is 1. The van der Waals surface area contributed by atoms with E-state index in [4.69, 9.17) is 4.74 Å². The van der Waals surface area contributed by atoms with E-state index in [-0.39, 0.29) is 34.0 Å². The van der Waals surface area contributed by atoms with Gasteiger partial charge in [-0.2, -0.15) is 4.98 Å². The van der Waals surface area contributed by atoms with Crippen LogP contribution in [0.5, 0.6) is 5.75 Å². The number of rotatable bonds is 24. The third-order valence-electron chi connectivity index (χ3n) is 26.6. The van der Waals surface area contributed by atoms with E-state index in [0.29, 0.717) is 105 Å². The van der Waals surface area contributed by atoms with Crippen LogP contribution >= 0.6 is 0 Å². The number of nitrogens with one attached hydrogen (secondary N) is 6. The number of aromatic nitrogens is 12. The number of fused-ring (bicyclic) bond motifs is 10. The van der Waals surface area contributed by atoms with E-state index >= 15 is 0 Å². The first kappa shape index (κ1) is 97.5. The molecule has 730 valence electrons. The lowest BCUT2D eigenvalue weighted by Crippen LogP contribution is -2.42. The highest BCUT2D eigenvalue weighted by atomic mass is 16.5. The Morgan fingerprint density at radius 1 is 0.375 bits per heavy atom. The second kappa shape index (κ2) is 43.1. The number of nitrogens with zero attached hydrogens (tertiary/aromatic N) is 16. The van der Waals surface area contributed by atoms with Gasteiger partial charge in [-0.15, -0.1) is 0 Å². The second-order valence-corrected chi connectivity index (χ2v) is 37.3. The smallest absolute Gasteiger partial charge is 0.349 e. The maximum Gasteiger partial charge on any atom is 0.349 e. The van der Waals surface area contributed by atoms with Crippen LogP contribution < -0.4 is 111 Å². The second-order valence-electron chi connectivity index (χ2n) is 37.3. The van der Waals surface area contributed by atoms with E-state index in [1.54, 1.807) is 7.11 Å². The molecule has 10 aromatic carbocycles. The van der Waals surface area contributed by atoms with Crippen molar-refractivity contribution in [3.8, 4) is 17.3 Å². The monoisotopic (exact) mass is 1920 g/mol. The molecule has 7 N–H and O–H groups in total. The Labute approximate surface area is 830 Å². The van der Waals surface area contributed by atoms with Gasteiger partial charge in [-0.3, -0.25) is 29.0 Å². The van der Waals surface area contributed by atoms with Gasteiger partial charge >= 0.3 is 5.69 Å². The van der Waals surface area contributed by atoms with Crippen molar-refractivity contribution in [1.82, 2.24) is 59.4 Å².